The Balaban J connectivity index is 2.80. The summed E-state index contributed by atoms with van der Waals surface area (Å²) >= 11 is 1.80. The number of thioether (sulfide) groups is 1. The number of nitrogen functional groups attached to an aromatic ring is 1. The molecule has 0 radical (unpaired) electrons. The zero-order chi connectivity index (χ0) is 13.8. The average Bonchev–Trinajstić information content (AvgIpc) is 2.21. The van der Waals surface area contributed by atoms with Crippen LogP contribution in [0.2, 0.25) is 0 Å². The number of rotatable bonds is 5. The van der Waals surface area contributed by atoms with E-state index in [-0.39, 0.29) is 5.60 Å². The topological polar surface area (TPSA) is 60.2 Å². The minimum Gasteiger partial charge on any atom is -0.470 e. The second-order valence-electron chi connectivity index (χ2n) is 5.31. The third-order valence-corrected chi connectivity index (χ3v) is 2.94. The number of pyridine rings is 1. The maximum absolute atomic E-state index is 5.87. The van der Waals surface area contributed by atoms with E-state index in [1.807, 2.05) is 32.9 Å². The lowest BCUT2D eigenvalue weighted by Crippen LogP contribution is -2.25. The molecule has 1 rings (SSSR count). The van der Waals surface area contributed by atoms with E-state index in [9.17, 15) is 0 Å². The molecule has 0 fully saturated rings. The van der Waals surface area contributed by atoms with Crippen LogP contribution in [0.5, 0.6) is 5.88 Å². The first-order chi connectivity index (χ1) is 8.31. The molecule has 1 aromatic rings. The maximum atomic E-state index is 5.87. The van der Waals surface area contributed by atoms with Crippen LogP contribution in [-0.2, 0) is 0 Å². The van der Waals surface area contributed by atoms with Crippen LogP contribution in [0.4, 0.5) is 11.5 Å². The van der Waals surface area contributed by atoms with E-state index in [0.29, 0.717) is 17.6 Å². The monoisotopic (exact) mass is 269 g/mol. The first kappa shape index (κ1) is 15.0. The molecule has 1 heterocycles. The Morgan fingerprint density at radius 1 is 1.44 bits per heavy atom. The molecular weight excluding hydrogens is 246 g/mol. The Labute approximate surface area is 114 Å². The molecule has 0 aliphatic rings. The van der Waals surface area contributed by atoms with Gasteiger partial charge >= 0.3 is 0 Å². The Morgan fingerprint density at radius 2 is 2.11 bits per heavy atom. The molecule has 102 valence electrons. The van der Waals surface area contributed by atoms with Crippen LogP contribution in [-0.4, -0.2) is 28.6 Å². The Morgan fingerprint density at radius 3 is 2.67 bits per heavy atom. The summed E-state index contributed by atoms with van der Waals surface area (Å²) in [7, 11) is 0. The summed E-state index contributed by atoms with van der Waals surface area (Å²) in [6.07, 6.45) is 2.09. The fourth-order valence-electron chi connectivity index (χ4n) is 1.45. The molecule has 0 saturated heterocycles. The van der Waals surface area contributed by atoms with E-state index < -0.39 is 0 Å². The van der Waals surface area contributed by atoms with Crippen molar-refractivity contribution in [3.05, 3.63) is 12.1 Å². The normalized spacial score (nSPS) is 13.2. The molecule has 0 aromatic carbocycles. The van der Waals surface area contributed by atoms with Crippen molar-refractivity contribution in [1.29, 1.82) is 0 Å². The van der Waals surface area contributed by atoms with Crippen molar-refractivity contribution in [3.8, 4) is 5.88 Å². The molecular formula is C13H23N3OS. The highest BCUT2D eigenvalue weighted by Gasteiger charge is 2.15. The summed E-state index contributed by atoms with van der Waals surface area (Å²) in [4.78, 5) is 4.41. The number of anilines is 2. The number of hydrogen-bond donors (Lipinski definition) is 2. The van der Waals surface area contributed by atoms with Gasteiger partial charge in [-0.25, -0.2) is 0 Å². The lowest BCUT2D eigenvalue weighted by molar-refractivity contribution is 0.125. The van der Waals surface area contributed by atoms with Gasteiger partial charge in [0.05, 0.1) is 5.69 Å². The summed E-state index contributed by atoms with van der Waals surface area (Å²) in [5.41, 5.74) is 6.13. The molecule has 1 aromatic heterocycles. The van der Waals surface area contributed by atoms with Gasteiger partial charge in [-0.15, -0.1) is 0 Å². The first-order valence-electron chi connectivity index (χ1n) is 6.03. The van der Waals surface area contributed by atoms with Gasteiger partial charge in [0.2, 0.25) is 5.88 Å². The van der Waals surface area contributed by atoms with Gasteiger partial charge in [-0.2, -0.15) is 16.7 Å². The molecule has 0 aliphatic carbocycles. The van der Waals surface area contributed by atoms with Crippen LogP contribution in [0.25, 0.3) is 0 Å². The van der Waals surface area contributed by atoms with Crippen molar-refractivity contribution in [2.45, 2.75) is 39.3 Å². The predicted molar refractivity (Wildman–Crippen MR) is 80.5 cm³/mol. The molecule has 5 heteroatoms. The highest BCUT2D eigenvalue weighted by atomic mass is 32.2. The molecule has 0 saturated carbocycles. The van der Waals surface area contributed by atoms with Gasteiger partial charge in [0.15, 0.2) is 0 Å². The highest BCUT2D eigenvalue weighted by molar-refractivity contribution is 7.98. The summed E-state index contributed by atoms with van der Waals surface area (Å²) < 4.78 is 5.73. The number of nitrogens with zero attached hydrogens (tertiary/aromatic N) is 1. The SMILES string of the molecule is CSCC(C)Nc1ccc(N)c(OC(C)(C)C)n1. The molecule has 4 nitrogen and oxygen atoms in total. The van der Waals surface area contributed by atoms with Crippen molar-refractivity contribution >= 4 is 23.3 Å². The molecule has 1 atom stereocenters. The smallest absolute Gasteiger partial charge is 0.239 e. The number of nitrogens with one attached hydrogen (secondary N) is 1. The third-order valence-electron chi connectivity index (χ3n) is 2.10. The van der Waals surface area contributed by atoms with Crippen molar-refractivity contribution in [2.24, 2.45) is 0 Å². The number of ether oxygens (including phenoxy) is 1. The van der Waals surface area contributed by atoms with Crippen LogP contribution in [0.15, 0.2) is 12.1 Å². The lowest BCUT2D eigenvalue weighted by Gasteiger charge is -2.22. The standard InChI is InChI=1S/C13H23N3OS/c1-9(8-18-5)15-11-7-6-10(14)12(16-11)17-13(2,3)4/h6-7,9H,8,14H2,1-5H3,(H,15,16). The molecule has 3 N–H and O–H groups in total. The average molecular weight is 269 g/mol. The van der Waals surface area contributed by atoms with Gasteiger partial charge in [0.1, 0.15) is 11.4 Å². The Hall–Kier alpha value is -1.10. The van der Waals surface area contributed by atoms with Gasteiger partial charge in [0.25, 0.3) is 0 Å². The minimum absolute atomic E-state index is 0.301. The minimum atomic E-state index is -0.301. The summed E-state index contributed by atoms with van der Waals surface area (Å²) in [6, 6.07) is 4.06. The first-order valence-corrected chi connectivity index (χ1v) is 7.42. The van der Waals surface area contributed by atoms with Crippen LogP contribution >= 0.6 is 11.8 Å². The molecule has 0 amide bonds. The van der Waals surface area contributed by atoms with E-state index in [0.717, 1.165) is 11.6 Å². The molecule has 18 heavy (non-hydrogen) atoms. The predicted octanol–water partition coefficient (Wildman–Crippen LogP) is 3.00. The van der Waals surface area contributed by atoms with Crippen LogP contribution in [0, 0.1) is 0 Å². The van der Waals surface area contributed by atoms with Gasteiger partial charge in [-0.05, 0) is 46.1 Å². The fourth-order valence-corrected chi connectivity index (χ4v) is 2.03. The van der Waals surface area contributed by atoms with Crippen molar-refractivity contribution in [3.63, 3.8) is 0 Å². The largest absolute Gasteiger partial charge is 0.470 e. The zero-order valence-electron chi connectivity index (χ0n) is 11.8. The van der Waals surface area contributed by atoms with E-state index >= 15 is 0 Å². The number of aromatic nitrogens is 1. The van der Waals surface area contributed by atoms with E-state index in [1.165, 1.54) is 0 Å². The summed E-state index contributed by atoms with van der Waals surface area (Å²) in [6.45, 7) is 8.05. The third kappa shape index (κ3) is 5.04. The zero-order valence-corrected chi connectivity index (χ0v) is 12.6. The Bertz CT molecular complexity index is 390. The van der Waals surface area contributed by atoms with Crippen molar-refractivity contribution in [1.82, 2.24) is 4.98 Å². The molecule has 1 unspecified atom stereocenters. The van der Waals surface area contributed by atoms with Gasteiger partial charge in [0, 0.05) is 11.8 Å². The van der Waals surface area contributed by atoms with Crippen LogP contribution < -0.4 is 15.8 Å². The fraction of sp³-hybridized carbons (Fsp3) is 0.615. The van der Waals surface area contributed by atoms with E-state index in [4.69, 9.17) is 10.5 Å². The lowest BCUT2D eigenvalue weighted by atomic mass is 10.2. The second-order valence-corrected chi connectivity index (χ2v) is 6.22. The summed E-state index contributed by atoms with van der Waals surface area (Å²) in [5.74, 6) is 2.32. The quantitative estimate of drug-likeness (QED) is 0.860. The summed E-state index contributed by atoms with van der Waals surface area (Å²) in [5, 5.41) is 3.33. The van der Waals surface area contributed by atoms with E-state index in [1.54, 1.807) is 11.8 Å². The maximum Gasteiger partial charge on any atom is 0.239 e. The molecule has 0 aliphatic heterocycles. The number of nitrogens with two attached hydrogens (primary N) is 1. The van der Waals surface area contributed by atoms with Gasteiger partial charge < -0.3 is 15.8 Å². The van der Waals surface area contributed by atoms with Crippen LogP contribution in [0.1, 0.15) is 27.7 Å². The van der Waals surface area contributed by atoms with Gasteiger partial charge in [-0.3, -0.25) is 0 Å². The highest BCUT2D eigenvalue weighted by Crippen LogP contribution is 2.25. The molecule has 0 bridgehead atoms. The number of hydrogen-bond acceptors (Lipinski definition) is 5. The van der Waals surface area contributed by atoms with E-state index in [2.05, 4.69) is 23.5 Å². The molecule has 0 spiro atoms. The van der Waals surface area contributed by atoms with Crippen molar-refractivity contribution < 1.29 is 4.74 Å². The second kappa shape index (κ2) is 6.18. The Kier molecular flexibility index (Phi) is 5.14. The van der Waals surface area contributed by atoms with Crippen molar-refractivity contribution in [2.75, 3.05) is 23.1 Å². The van der Waals surface area contributed by atoms with Crippen LogP contribution in [0.3, 0.4) is 0 Å². The van der Waals surface area contributed by atoms with Gasteiger partial charge in [-0.1, -0.05) is 0 Å².